The van der Waals surface area contributed by atoms with Gasteiger partial charge in [-0.25, -0.2) is 4.98 Å². The number of nitrogens with zero attached hydrogens (tertiary/aromatic N) is 4. The Morgan fingerprint density at radius 1 is 1.10 bits per heavy atom. The van der Waals surface area contributed by atoms with Gasteiger partial charge in [0.05, 0.1) is 17.9 Å². The molecule has 1 heterocycles. The lowest BCUT2D eigenvalue weighted by molar-refractivity contribution is -0.136. The van der Waals surface area contributed by atoms with Gasteiger partial charge in [-0.2, -0.15) is 0 Å². The number of carbonyl (C=O) groups excluding carboxylic acids is 3. The quantitative estimate of drug-likeness (QED) is 0.622. The highest BCUT2D eigenvalue weighted by atomic mass is 32.1. The van der Waals surface area contributed by atoms with E-state index in [-0.39, 0.29) is 24.3 Å². The number of hydrogen-bond acceptors (Lipinski definition) is 5. The summed E-state index contributed by atoms with van der Waals surface area (Å²) in [5.41, 5.74) is 1.31. The molecule has 0 spiro atoms. The van der Waals surface area contributed by atoms with Crippen molar-refractivity contribution < 1.29 is 14.4 Å². The van der Waals surface area contributed by atoms with Gasteiger partial charge >= 0.3 is 0 Å². The molecule has 0 aliphatic heterocycles. The first-order valence-corrected chi connectivity index (χ1v) is 10.3. The third-order valence-electron chi connectivity index (χ3n) is 4.29. The van der Waals surface area contributed by atoms with Crippen molar-refractivity contribution in [3.05, 3.63) is 47.5 Å². The topological polar surface area (TPSA) is 73.8 Å². The smallest absolute Gasteiger partial charge is 0.246 e. The van der Waals surface area contributed by atoms with E-state index in [2.05, 4.69) is 4.98 Å². The van der Waals surface area contributed by atoms with Crippen LogP contribution in [-0.2, 0) is 14.4 Å². The second-order valence-electron chi connectivity index (χ2n) is 6.34. The molecule has 0 unspecified atom stereocenters. The Morgan fingerprint density at radius 2 is 1.76 bits per heavy atom. The fraction of sp³-hybridized carbons (Fsp3) is 0.333. The van der Waals surface area contributed by atoms with E-state index in [1.165, 1.54) is 34.1 Å². The van der Waals surface area contributed by atoms with Crippen molar-refractivity contribution in [1.29, 1.82) is 0 Å². The van der Waals surface area contributed by atoms with Crippen molar-refractivity contribution >= 4 is 46.0 Å². The molecule has 2 rings (SSSR count). The van der Waals surface area contributed by atoms with E-state index in [0.29, 0.717) is 23.9 Å². The van der Waals surface area contributed by atoms with Crippen molar-refractivity contribution in [2.45, 2.75) is 20.8 Å². The molecule has 1 aromatic heterocycles. The van der Waals surface area contributed by atoms with Crippen molar-refractivity contribution in [2.24, 2.45) is 0 Å². The van der Waals surface area contributed by atoms with Crippen LogP contribution in [0.25, 0.3) is 6.08 Å². The summed E-state index contributed by atoms with van der Waals surface area (Å²) in [6.45, 7) is 6.55. The Kier molecular flexibility index (Phi) is 8.09. The van der Waals surface area contributed by atoms with Crippen LogP contribution in [0, 0.1) is 0 Å². The number of amides is 3. The molecule has 3 amide bonds. The zero-order chi connectivity index (χ0) is 21.4. The molecule has 0 saturated carbocycles. The molecular weight excluding hydrogens is 388 g/mol. The highest BCUT2D eigenvalue weighted by Crippen LogP contribution is 2.28. The summed E-state index contributed by atoms with van der Waals surface area (Å²) in [6, 6.07) is 9.26. The average Bonchev–Trinajstić information content (AvgIpc) is 3.16. The Balaban J connectivity index is 2.06. The summed E-state index contributed by atoms with van der Waals surface area (Å²) in [7, 11) is 1.59. The number of benzene rings is 1. The van der Waals surface area contributed by atoms with E-state index in [0.717, 1.165) is 5.69 Å². The molecule has 0 aliphatic rings. The zero-order valence-corrected chi connectivity index (χ0v) is 18.0. The molecule has 2 aromatic rings. The molecular formula is C21H26N4O3S. The van der Waals surface area contributed by atoms with Gasteiger partial charge in [0.2, 0.25) is 17.7 Å². The minimum atomic E-state index is -0.286. The summed E-state index contributed by atoms with van der Waals surface area (Å²) in [4.78, 5) is 45.6. The number of thiazole rings is 1. The van der Waals surface area contributed by atoms with E-state index < -0.39 is 0 Å². The minimum Gasteiger partial charge on any atom is -0.342 e. The van der Waals surface area contributed by atoms with Crippen molar-refractivity contribution in [3.63, 3.8) is 0 Å². The molecule has 0 radical (unpaired) electrons. The van der Waals surface area contributed by atoms with Gasteiger partial charge in [-0.05, 0) is 32.1 Å². The number of hydrogen-bond donors (Lipinski definition) is 0. The van der Waals surface area contributed by atoms with Crippen LogP contribution in [0.4, 0.5) is 10.8 Å². The van der Waals surface area contributed by atoms with Crippen molar-refractivity contribution in [3.8, 4) is 0 Å². The predicted molar refractivity (Wildman–Crippen MR) is 116 cm³/mol. The van der Waals surface area contributed by atoms with Gasteiger partial charge in [0.15, 0.2) is 5.13 Å². The molecule has 0 saturated heterocycles. The maximum Gasteiger partial charge on any atom is 0.246 e. The number of anilines is 2. The summed E-state index contributed by atoms with van der Waals surface area (Å²) in [5, 5.41) is 2.31. The lowest BCUT2D eigenvalue weighted by Crippen LogP contribution is -2.40. The van der Waals surface area contributed by atoms with E-state index >= 15 is 0 Å². The lowest BCUT2D eigenvalue weighted by Gasteiger charge is -2.22. The monoisotopic (exact) mass is 414 g/mol. The van der Waals surface area contributed by atoms with Gasteiger partial charge in [0, 0.05) is 38.5 Å². The van der Waals surface area contributed by atoms with Crippen LogP contribution in [0.3, 0.4) is 0 Å². The molecule has 0 aliphatic carbocycles. The molecule has 7 nitrogen and oxygen atoms in total. The van der Waals surface area contributed by atoms with Gasteiger partial charge in [-0.1, -0.05) is 18.2 Å². The van der Waals surface area contributed by atoms with E-state index in [1.807, 2.05) is 44.2 Å². The maximum absolute atomic E-state index is 12.3. The SMILES string of the molecule is CCN(CC)C(=O)CN(C)C(=O)/C=C/c1csc(N(C(C)=O)c2ccccc2)n1. The fourth-order valence-corrected chi connectivity index (χ4v) is 3.56. The second kappa shape index (κ2) is 10.5. The second-order valence-corrected chi connectivity index (χ2v) is 7.18. The number of rotatable bonds is 8. The Bertz CT molecular complexity index is 875. The van der Waals surface area contributed by atoms with E-state index in [1.54, 1.807) is 23.4 Å². The minimum absolute atomic E-state index is 0.0271. The fourth-order valence-electron chi connectivity index (χ4n) is 2.70. The molecule has 0 bridgehead atoms. The standard InChI is InChI=1S/C21H26N4O3S/c1-5-24(6-2)20(28)14-23(4)19(27)13-12-17-15-29-21(22-17)25(16(3)26)18-10-8-7-9-11-18/h7-13,15H,5-6,14H2,1-4H3/b13-12+. The van der Waals surface area contributed by atoms with Gasteiger partial charge in [0.1, 0.15) is 0 Å². The largest absolute Gasteiger partial charge is 0.342 e. The number of para-hydroxylation sites is 1. The highest BCUT2D eigenvalue weighted by molar-refractivity contribution is 7.14. The van der Waals surface area contributed by atoms with E-state index in [9.17, 15) is 14.4 Å². The summed E-state index contributed by atoms with van der Waals surface area (Å²) in [5.74, 6) is -0.520. The number of likely N-dealkylation sites (N-methyl/N-ethyl adjacent to an activating group) is 2. The third-order valence-corrected chi connectivity index (χ3v) is 5.14. The molecule has 0 atom stereocenters. The highest BCUT2D eigenvalue weighted by Gasteiger charge is 2.18. The summed E-state index contributed by atoms with van der Waals surface area (Å²) in [6.07, 6.45) is 2.97. The van der Waals surface area contributed by atoms with Gasteiger partial charge in [-0.15, -0.1) is 11.3 Å². The van der Waals surface area contributed by atoms with Crippen LogP contribution >= 0.6 is 11.3 Å². The number of aromatic nitrogens is 1. The van der Waals surface area contributed by atoms with Crippen LogP contribution in [-0.4, -0.2) is 59.2 Å². The maximum atomic E-state index is 12.3. The van der Waals surface area contributed by atoms with Crippen LogP contribution in [0.1, 0.15) is 26.5 Å². The van der Waals surface area contributed by atoms with Gasteiger partial charge in [0.25, 0.3) is 0 Å². The van der Waals surface area contributed by atoms with Crippen molar-refractivity contribution in [1.82, 2.24) is 14.8 Å². The van der Waals surface area contributed by atoms with Crippen LogP contribution in [0.5, 0.6) is 0 Å². The lowest BCUT2D eigenvalue weighted by atomic mass is 10.3. The zero-order valence-electron chi connectivity index (χ0n) is 17.2. The van der Waals surface area contributed by atoms with Crippen LogP contribution in [0.2, 0.25) is 0 Å². The normalized spacial score (nSPS) is 10.8. The predicted octanol–water partition coefficient (Wildman–Crippen LogP) is 3.17. The van der Waals surface area contributed by atoms with Gasteiger partial charge in [-0.3, -0.25) is 19.3 Å². The molecule has 0 fully saturated rings. The number of carbonyl (C=O) groups is 3. The van der Waals surface area contributed by atoms with Crippen molar-refractivity contribution in [2.75, 3.05) is 31.6 Å². The van der Waals surface area contributed by atoms with Gasteiger partial charge < -0.3 is 9.80 Å². The first kappa shape index (κ1) is 22.3. The first-order valence-electron chi connectivity index (χ1n) is 9.39. The van der Waals surface area contributed by atoms with Crippen LogP contribution < -0.4 is 4.90 Å². The average molecular weight is 415 g/mol. The molecule has 154 valence electrons. The van der Waals surface area contributed by atoms with E-state index in [4.69, 9.17) is 0 Å². The molecule has 0 N–H and O–H groups in total. The Hall–Kier alpha value is -3.00. The molecule has 8 heteroatoms. The first-order chi connectivity index (χ1) is 13.9. The Morgan fingerprint density at radius 3 is 2.34 bits per heavy atom. The third kappa shape index (κ3) is 5.99. The Labute approximate surface area is 175 Å². The van der Waals surface area contributed by atoms with Crippen LogP contribution in [0.15, 0.2) is 41.8 Å². The summed E-state index contributed by atoms with van der Waals surface area (Å²) >= 11 is 1.32. The summed E-state index contributed by atoms with van der Waals surface area (Å²) < 4.78 is 0. The molecule has 29 heavy (non-hydrogen) atoms. The molecule has 1 aromatic carbocycles.